The number of fused-ring (bicyclic) bond motifs is 3. The van der Waals surface area contributed by atoms with Crippen LogP contribution in [0.3, 0.4) is 0 Å². The summed E-state index contributed by atoms with van der Waals surface area (Å²) in [6.07, 6.45) is 5.69. The van der Waals surface area contributed by atoms with Crippen LogP contribution in [0.4, 0.5) is 22.0 Å². The van der Waals surface area contributed by atoms with Crippen LogP contribution in [0.1, 0.15) is 47.3 Å². The molecule has 0 spiro atoms. The highest BCUT2D eigenvalue weighted by Crippen LogP contribution is 2.33. The molecule has 3 aromatic rings. The Morgan fingerprint density at radius 2 is 1.53 bits per heavy atom. The number of carbonyl (C=O) groups excluding carboxylic acids is 2. The van der Waals surface area contributed by atoms with Crippen LogP contribution in [-0.2, 0) is 17.7 Å². The average Bonchev–Trinajstić information content (AvgIpc) is 3.41. The molecule has 11 heteroatoms. The number of piperidine rings is 1. The van der Waals surface area contributed by atoms with Crippen LogP contribution in [0, 0.1) is 0 Å². The van der Waals surface area contributed by atoms with Crippen molar-refractivity contribution in [2.75, 3.05) is 62.4 Å². The number of hydrogen-bond acceptors (Lipinski definition) is 8. The summed E-state index contributed by atoms with van der Waals surface area (Å²) in [5, 5.41) is 9.21. The number of benzene rings is 2. The minimum Gasteiger partial charge on any atom is -0.371 e. The number of rotatable bonds is 6. The Kier molecular flexibility index (Phi) is 8.39. The van der Waals surface area contributed by atoms with E-state index in [-0.39, 0.29) is 24.1 Å². The van der Waals surface area contributed by atoms with E-state index in [0.717, 1.165) is 88.4 Å². The summed E-state index contributed by atoms with van der Waals surface area (Å²) in [6, 6.07) is 14.9. The number of hydrogen-bond donors (Lipinski definition) is 3. The van der Waals surface area contributed by atoms with E-state index in [0.29, 0.717) is 28.8 Å². The Labute approximate surface area is 264 Å². The quantitative estimate of drug-likeness (QED) is 0.384. The fourth-order valence-corrected chi connectivity index (χ4v) is 6.98. The predicted molar refractivity (Wildman–Crippen MR) is 175 cm³/mol. The molecule has 3 saturated heterocycles. The number of nitrogens with zero attached hydrogens (tertiary/aromatic N) is 5. The molecule has 7 rings (SSSR count). The highest BCUT2D eigenvalue weighted by Gasteiger charge is 2.36. The number of aromatic nitrogens is 2. The summed E-state index contributed by atoms with van der Waals surface area (Å²) in [5.74, 6) is 1.77. The molecule has 45 heavy (non-hydrogen) atoms. The van der Waals surface area contributed by atoms with E-state index in [1.54, 1.807) is 24.3 Å². The normalized spacial score (nSPS) is 21.5. The summed E-state index contributed by atoms with van der Waals surface area (Å²) in [7, 11) is 4.18. The minimum absolute atomic E-state index is 0.0339. The van der Waals surface area contributed by atoms with Crippen molar-refractivity contribution in [1.29, 1.82) is 0 Å². The zero-order valence-corrected chi connectivity index (χ0v) is 26.1. The average molecular weight is 611 g/mol. The van der Waals surface area contributed by atoms with Crippen molar-refractivity contribution < 1.29 is 14.3 Å². The van der Waals surface area contributed by atoms with Crippen LogP contribution in [0.15, 0.2) is 48.5 Å². The second kappa shape index (κ2) is 12.7. The number of likely N-dealkylation sites (tertiary alicyclic amines) is 1. The third-order valence-electron chi connectivity index (χ3n) is 9.53. The van der Waals surface area contributed by atoms with E-state index < -0.39 is 0 Å². The molecule has 3 amide bonds. The highest BCUT2D eigenvalue weighted by atomic mass is 16.5. The largest absolute Gasteiger partial charge is 0.371 e. The van der Waals surface area contributed by atoms with Gasteiger partial charge in [-0.15, -0.1) is 0 Å². The van der Waals surface area contributed by atoms with Crippen molar-refractivity contribution in [3.8, 4) is 11.4 Å². The molecule has 236 valence electrons. The van der Waals surface area contributed by atoms with Crippen molar-refractivity contribution >= 4 is 29.1 Å². The van der Waals surface area contributed by atoms with Crippen LogP contribution >= 0.6 is 0 Å². The Hall–Kier alpha value is -4.06. The summed E-state index contributed by atoms with van der Waals surface area (Å²) in [6.45, 7) is 4.93. The zero-order valence-electron chi connectivity index (χ0n) is 26.1. The smallest absolute Gasteiger partial charge is 0.323 e. The van der Waals surface area contributed by atoms with E-state index in [9.17, 15) is 9.59 Å². The molecule has 3 fully saturated rings. The van der Waals surface area contributed by atoms with Gasteiger partial charge in [-0.2, -0.15) is 0 Å². The number of urea groups is 1. The van der Waals surface area contributed by atoms with Crippen molar-refractivity contribution in [3.05, 3.63) is 65.4 Å². The third-order valence-corrected chi connectivity index (χ3v) is 9.53. The number of carbonyl (C=O) groups is 2. The Morgan fingerprint density at radius 1 is 0.889 bits per heavy atom. The van der Waals surface area contributed by atoms with Crippen molar-refractivity contribution in [3.63, 3.8) is 0 Å². The van der Waals surface area contributed by atoms with Crippen LogP contribution in [0.5, 0.6) is 0 Å². The summed E-state index contributed by atoms with van der Waals surface area (Å²) >= 11 is 0. The highest BCUT2D eigenvalue weighted by molar-refractivity contribution is 6.00. The number of ether oxygens (including phenoxy) is 1. The van der Waals surface area contributed by atoms with E-state index in [1.165, 1.54) is 5.56 Å². The van der Waals surface area contributed by atoms with E-state index in [4.69, 9.17) is 14.7 Å². The number of anilines is 3. The number of nitrogens with one attached hydrogen (secondary N) is 3. The monoisotopic (exact) mass is 610 g/mol. The van der Waals surface area contributed by atoms with Gasteiger partial charge in [-0.25, -0.2) is 14.8 Å². The standard InChI is InChI=1S/C34H42N8O3/c1-40(2)26-14-17-41(18-15-26)33(43)23-5-9-25(10-6-23)37-34(44)36-24-7-3-22(4-8-24)31-38-30-19-35-16-13-29(30)32(39-31)42-20-27-11-12-28(21-42)45-27/h3-10,26-28,35H,11-21H2,1-2H3,(H2,36,37,44). The zero-order chi connectivity index (χ0) is 30.9. The van der Waals surface area contributed by atoms with E-state index in [2.05, 4.69) is 39.8 Å². The number of morpholine rings is 1. The SMILES string of the molecule is CN(C)C1CCN(C(=O)c2ccc(NC(=O)Nc3ccc(-c4nc5c(c(N6CC7CCC(C6)O7)n4)CCNC5)cc3)cc2)CC1. The van der Waals surface area contributed by atoms with Crippen molar-refractivity contribution in [2.24, 2.45) is 0 Å². The van der Waals surface area contributed by atoms with Gasteiger partial charge in [0, 0.05) is 66.8 Å². The van der Waals surface area contributed by atoms with Crippen molar-refractivity contribution in [1.82, 2.24) is 25.1 Å². The summed E-state index contributed by atoms with van der Waals surface area (Å²) in [4.78, 5) is 42.3. The van der Waals surface area contributed by atoms with Crippen LogP contribution in [0.25, 0.3) is 11.4 Å². The molecule has 2 unspecified atom stereocenters. The fourth-order valence-electron chi connectivity index (χ4n) is 6.98. The lowest BCUT2D eigenvalue weighted by atomic mass is 10.0. The fraction of sp³-hybridized carbons (Fsp3) is 0.471. The van der Waals surface area contributed by atoms with Gasteiger partial charge in [0.1, 0.15) is 5.82 Å². The first kappa shape index (κ1) is 29.6. The maximum absolute atomic E-state index is 13.0. The Balaban J connectivity index is 0.979. The van der Waals surface area contributed by atoms with Gasteiger partial charge in [-0.05, 0) is 101 Å². The van der Waals surface area contributed by atoms with Gasteiger partial charge in [0.2, 0.25) is 0 Å². The molecule has 11 nitrogen and oxygen atoms in total. The lowest BCUT2D eigenvalue weighted by Gasteiger charge is -2.35. The topological polar surface area (TPSA) is 115 Å². The van der Waals surface area contributed by atoms with Gasteiger partial charge in [-0.3, -0.25) is 4.79 Å². The molecule has 2 atom stereocenters. The molecule has 0 radical (unpaired) electrons. The second-order valence-electron chi connectivity index (χ2n) is 12.8. The van der Waals surface area contributed by atoms with Gasteiger partial charge in [-0.1, -0.05) is 0 Å². The van der Waals surface area contributed by atoms with Crippen LogP contribution in [0.2, 0.25) is 0 Å². The Morgan fingerprint density at radius 3 is 2.18 bits per heavy atom. The third kappa shape index (κ3) is 6.51. The molecule has 2 aromatic carbocycles. The number of amides is 3. The van der Waals surface area contributed by atoms with Gasteiger partial charge < -0.3 is 35.4 Å². The predicted octanol–water partition coefficient (Wildman–Crippen LogP) is 3.97. The second-order valence-corrected chi connectivity index (χ2v) is 12.8. The van der Waals surface area contributed by atoms with Crippen LogP contribution in [-0.4, -0.2) is 96.8 Å². The molecule has 4 aliphatic heterocycles. The van der Waals surface area contributed by atoms with Crippen molar-refractivity contribution in [2.45, 2.75) is 56.9 Å². The lowest BCUT2D eigenvalue weighted by Crippen LogP contribution is -2.44. The molecule has 2 bridgehead atoms. The molecule has 0 aliphatic carbocycles. The molecule has 3 N–H and O–H groups in total. The molecule has 4 aliphatic rings. The molecule has 5 heterocycles. The lowest BCUT2D eigenvalue weighted by molar-refractivity contribution is 0.0301. The summed E-state index contributed by atoms with van der Waals surface area (Å²) < 4.78 is 6.08. The summed E-state index contributed by atoms with van der Waals surface area (Å²) in [5.41, 5.74) is 5.11. The van der Waals surface area contributed by atoms with Gasteiger partial charge in [0.05, 0.1) is 17.9 Å². The Bertz CT molecular complexity index is 1520. The van der Waals surface area contributed by atoms with Gasteiger partial charge in [0.15, 0.2) is 5.82 Å². The van der Waals surface area contributed by atoms with E-state index >= 15 is 0 Å². The molecular weight excluding hydrogens is 568 g/mol. The van der Waals surface area contributed by atoms with Crippen LogP contribution < -0.4 is 20.9 Å². The van der Waals surface area contributed by atoms with Gasteiger partial charge in [0.25, 0.3) is 5.91 Å². The van der Waals surface area contributed by atoms with E-state index in [1.807, 2.05) is 29.2 Å². The molecule has 1 aromatic heterocycles. The minimum atomic E-state index is -0.354. The molecular formula is C34H42N8O3. The maximum Gasteiger partial charge on any atom is 0.323 e. The first-order chi connectivity index (χ1) is 21.9. The van der Waals surface area contributed by atoms with Gasteiger partial charge >= 0.3 is 6.03 Å². The molecule has 0 saturated carbocycles. The maximum atomic E-state index is 13.0. The first-order valence-electron chi connectivity index (χ1n) is 16.1. The first-order valence-corrected chi connectivity index (χ1v) is 16.1.